The molecule has 1 aromatic carbocycles. The maximum atomic E-state index is 5.87. The van der Waals surface area contributed by atoms with E-state index in [2.05, 4.69) is 11.1 Å². The summed E-state index contributed by atoms with van der Waals surface area (Å²) in [6.45, 7) is 0. The molecule has 0 N–H and O–H groups in total. The third-order valence-electron chi connectivity index (χ3n) is 3.23. The van der Waals surface area contributed by atoms with Crippen molar-refractivity contribution in [1.82, 2.24) is 4.98 Å². The van der Waals surface area contributed by atoms with Gasteiger partial charge >= 0.3 is 0 Å². The fraction of sp³-hybridized carbons (Fsp3) is 0.154. The first kappa shape index (κ1) is 9.31. The van der Waals surface area contributed by atoms with Crippen LogP contribution >= 0.6 is 11.6 Å². The van der Waals surface area contributed by atoms with E-state index < -0.39 is 0 Å². The molecule has 1 aliphatic heterocycles. The van der Waals surface area contributed by atoms with Crippen LogP contribution in [0.5, 0.6) is 5.75 Å². The molecule has 3 nitrogen and oxygen atoms in total. The molecule has 2 heterocycles. The number of hydrogen-bond acceptors (Lipinski definition) is 3. The zero-order valence-corrected chi connectivity index (χ0v) is 9.52. The molecule has 2 aliphatic rings. The monoisotopic (exact) mass is 245 g/mol. The first-order valence-corrected chi connectivity index (χ1v) is 5.81. The number of para-hydroxylation sites is 1. The van der Waals surface area contributed by atoms with Gasteiger partial charge in [-0.15, -0.1) is 0 Å². The molecule has 4 heteroatoms. The van der Waals surface area contributed by atoms with Crippen LogP contribution in [-0.4, -0.2) is 11.1 Å². The van der Waals surface area contributed by atoms with Crippen molar-refractivity contribution in [3.63, 3.8) is 0 Å². The van der Waals surface area contributed by atoms with Gasteiger partial charge in [-0.2, -0.15) is 0 Å². The highest BCUT2D eigenvalue weighted by molar-refractivity contribution is 6.27. The van der Waals surface area contributed by atoms with Gasteiger partial charge in [0, 0.05) is 5.56 Å². The molecule has 0 radical (unpaired) electrons. The minimum atomic E-state index is 0.000988. The third kappa shape index (κ3) is 1.20. The van der Waals surface area contributed by atoms with Gasteiger partial charge in [0.2, 0.25) is 0 Å². The summed E-state index contributed by atoms with van der Waals surface area (Å²) >= 11 is 5.82. The Morgan fingerprint density at radius 3 is 3.06 bits per heavy atom. The quantitative estimate of drug-likeness (QED) is 0.715. The van der Waals surface area contributed by atoms with Gasteiger partial charge in [-0.05, 0) is 29.8 Å². The van der Waals surface area contributed by atoms with Crippen LogP contribution in [0.2, 0.25) is 5.35 Å². The van der Waals surface area contributed by atoms with E-state index in [0.29, 0.717) is 0 Å². The second kappa shape index (κ2) is 3.14. The van der Waals surface area contributed by atoms with E-state index in [1.807, 2.05) is 30.4 Å². The number of hydrogen-bond donors (Lipinski definition) is 0. The zero-order chi connectivity index (χ0) is 11.4. The minimum absolute atomic E-state index is 0.000988. The highest BCUT2D eigenvalue weighted by Gasteiger charge is 2.39. The Labute approximate surface area is 103 Å². The molecule has 2 unspecified atom stereocenters. The normalized spacial score (nSPS) is 23.8. The Hall–Kier alpha value is -1.74. The molecular formula is C13H8ClNO2. The topological polar surface area (TPSA) is 35.3 Å². The molecule has 1 aliphatic carbocycles. The minimum Gasteiger partial charge on any atom is -0.485 e. The fourth-order valence-electron chi connectivity index (χ4n) is 2.53. The molecule has 4 rings (SSSR count). The number of rotatable bonds is 0. The Bertz CT molecular complexity index is 632. The van der Waals surface area contributed by atoms with E-state index in [0.717, 1.165) is 22.8 Å². The summed E-state index contributed by atoms with van der Waals surface area (Å²) in [5.74, 6) is 1.75. The molecule has 0 fully saturated rings. The van der Waals surface area contributed by atoms with Crippen LogP contribution in [-0.2, 0) is 0 Å². The SMILES string of the molecule is Clc1nc2c(o1)C=CC1Oc3ccccc3C21. The Morgan fingerprint density at radius 2 is 2.12 bits per heavy atom. The number of oxazole rings is 1. The summed E-state index contributed by atoms with van der Waals surface area (Å²) in [5, 5.41) is 0.185. The van der Waals surface area contributed by atoms with Crippen molar-refractivity contribution in [2.24, 2.45) is 0 Å². The van der Waals surface area contributed by atoms with Gasteiger partial charge in [-0.25, -0.2) is 4.98 Å². The molecule has 0 saturated heterocycles. The van der Waals surface area contributed by atoms with Crippen LogP contribution in [0.1, 0.15) is 22.9 Å². The lowest BCUT2D eigenvalue weighted by Crippen LogP contribution is -2.20. The summed E-state index contributed by atoms with van der Waals surface area (Å²) in [4.78, 5) is 4.26. The van der Waals surface area contributed by atoms with Crippen LogP contribution in [0.4, 0.5) is 0 Å². The molecular weight excluding hydrogens is 238 g/mol. The molecule has 0 amide bonds. The molecule has 2 aromatic rings. The van der Waals surface area contributed by atoms with E-state index in [1.54, 1.807) is 0 Å². The van der Waals surface area contributed by atoms with Crippen molar-refractivity contribution in [2.45, 2.75) is 12.0 Å². The summed E-state index contributed by atoms with van der Waals surface area (Å²) < 4.78 is 11.2. The van der Waals surface area contributed by atoms with Crippen molar-refractivity contribution in [3.8, 4) is 5.75 Å². The molecule has 2 atom stereocenters. The summed E-state index contributed by atoms with van der Waals surface area (Å²) in [5.41, 5.74) is 2.01. The average molecular weight is 246 g/mol. The number of fused-ring (bicyclic) bond motifs is 5. The Balaban J connectivity index is 1.95. The van der Waals surface area contributed by atoms with Gasteiger partial charge < -0.3 is 9.15 Å². The number of halogens is 1. The van der Waals surface area contributed by atoms with E-state index in [1.165, 1.54) is 0 Å². The van der Waals surface area contributed by atoms with Gasteiger partial charge in [0.25, 0.3) is 5.35 Å². The predicted octanol–water partition coefficient (Wildman–Crippen LogP) is 3.25. The third-order valence-corrected chi connectivity index (χ3v) is 3.39. The van der Waals surface area contributed by atoms with Gasteiger partial charge in [-0.1, -0.05) is 18.2 Å². The second-order valence-electron chi connectivity index (χ2n) is 4.17. The van der Waals surface area contributed by atoms with Crippen molar-refractivity contribution in [3.05, 3.63) is 52.7 Å². The fourth-order valence-corrected chi connectivity index (χ4v) is 2.70. The maximum Gasteiger partial charge on any atom is 0.292 e. The predicted molar refractivity (Wildman–Crippen MR) is 63.2 cm³/mol. The van der Waals surface area contributed by atoms with E-state index in [9.17, 15) is 0 Å². The van der Waals surface area contributed by atoms with Crippen molar-refractivity contribution in [2.75, 3.05) is 0 Å². The molecule has 0 saturated carbocycles. The standard InChI is InChI=1S/C13H8ClNO2/c14-13-15-12-10(17-13)6-5-9-11(12)7-3-1-2-4-8(7)16-9/h1-6,9,11H. The lowest BCUT2D eigenvalue weighted by atomic mass is 9.88. The summed E-state index contributed by atoms with van der Waals surface area (Å²) in [7, 11) is 0. The molecule has 17 heavy (non-hydrogen) atoms. The van der Waals surface area contributed by atoms with Gasteiger partial charge in [0.15, 0.2) is 5.76 Å². The van der Waals surface area contributed by atoms with E-state index >= 15 is 0 Å². The van der Waals surface area contributed by atoms with Gasteiger partial charge in [0.1, 0.15) is 11.9 Å². The highest BCUT2D eigenvalue weighted by atomic mass is 35.5. The van der Waals surface area contributed by atoms with Crippen molar-refractivity contribution in [1.29, 1.82) is 0 Å². The van der Waals surface area contributed by atoms with E-state index in [4.69, 9.17) is 20.8 Å². The molecule has 84 valence electrons. The number of nitrogens with zero attached hydrogens (tertiary/aromatic N) is 1. The average Bonchev–Trinajstić information content (AvgIpc) is 2.87. The molecule has 1 aromatic heterocycles. The van der Waals surface area contributed by atoms with Crippen LogP contribution in [0, 0.1) is 0 Å². The van der Waals surface area contributed by atoms with E-state index in [-0.39, 0.29) is 17.4 Å². The second-order valence-corrected chi connectivity index (χ2v) is 4.50. The molecule has 0 bridgehead atoms. The smallest absolute Gasteiger partial charge is 0.292 e. The summed E-state index contributed by atoms with van der Waals surface area (Å²) in [6.07, 6.45) is 3.87. The Kier molecular flexibility index (Phi) is 1.72. The number of benzene rings is 1. The zero-order valence-electron chi connectivity index (χ0n) is 8.76. The lowest BCUT2D eigenvalue weighted by Gasteiger charge is -2.17. The van der Waals surface area contributed by atoms with Crippen molar-refractivity contribution < 1.29 is 9.15 Å². The molecule has 0 spiro atoms. The van der Waals surface area contributed by atoms with Gasteiger partial charge in [-0.3, -0.25) is 0 Å². The van der Waals surface area contributed by atoms with Crippen molar-refractivity contribution >= 4 is 17.7 Å². The first-order chi connectivity index (χ1) is 8.33. The van der Waals surface area contributed by atoms with Crippen LogP contribution in [0.25, 0.3) is 6.08 Å². The number of ether oxygens (including phenoxy) is 1. The number of aromatic nitrogens is 1. The highest BCUT2D eigenvalue weighted by Crippen LogP contribution is 2.46. The Morgan fingerprint density at radius 1 is 1.24 bits per heavy atom. The largest absolute Gasteiger partial charge is 0.485 e. The van der Waals surface area contributed by atoms with Crippen LogP contribution < -0.4 is 4.74 Å². The summed E-state index contributed by atoms with van der Waals surface area (Å²) in [6, 6.07) is 8.01. The first-order valence-electron chi connectivity index (χ1n) is 5.43. The van der Waals surface area contributed by atoms with Gasteiger partial charge in [0.05, 0.1) is 11.6 Å². The van der Waals surface area contributed by atoms with Crippen LogP contribution in [0.3, 0.4) is 0 Å². The van der Waals surface area contributed by atoms with Crippen LogP contribution in [0.15, 0.2) is 34.8 Å². The lowest BCUT2D eigenvalue weighted by molar-refractivity contribution is 0.265. The maximum absolute atomic E-state index is 5.87.